The van der Waals surface area contributed by atoms with Crippen LogP contribution in [0.4, 0.5) is 0 Å². The first-order chi connectivity index (χ1) is 9.00. The third-order valence-corrected chi connectivity index (χ3v) is 4.54. The maximum atomic E-state index is 12.5. The van der Waals surface area contributed by atoms with Gasteiger partial charge in [0.05, 0.1) is 12.0 Å². The number of hydrogen-bond acceptors (Lipinski definition) is 3. The lowest BCUT2D eigenvalue weighted by molar-refractivity contribution is -0.140. The van der Waals surface area contributed by atoms with Crippen LogP contribution in [-0.4, -0.2) is 59.6 Å². The summed E-state index contributed by atoms with van der Waals surface area (Å²) in [6.45, 7) is 1.80. The summed E-state index contributed by atoms with van der Waals surface area (Å²) in [5.41, 5.74) is -0.711. The highest BCUT2D eigenvalue weighted by Crippen LogP contribution is 2.33. The van der Waals surface area contributed by atoms with Crippen LogP contribution in [0.1, 0.15) is 51.4 Å². The fraction of sp³-hybridized carbons (Fsp3) is 0.933. The van der Waals surface area contributed by atoms with Crippen LogP contribution in [0.2, 0.25) is 0 Å². The highest BCUT2D eigenvalue weighted by atomic mass is 16.3. The van der Waals surface area contributed by atoms with Gasteiger partial charge >= 0.3 is 0 Å². The zero-order valence-electron chi connectivity index (χ0n) is 12.4. The number of carbonyl (C=O) groups excluding carboxylic acids is 1. The summed E-state index contributed by atoms with van der Waals surface area (Å²) in [7, 11) is 4.11. The lowest BCUT2D eigenvalue weighted by Gasteiger charge is -2.38. The van der Waals surface area contributed by atoms with Gasteiger partial charge in [-0.3, -0.25) is 4.79 Å². The summed E-state index contributed by atoms with van der Waals surface area (Å²) in [5, 5.41) is 10.4. The highest BCUT2D eigenvalue weighted by molar-refractivity contribution is 5.77. The topological polar surface area (TPSA) is 43.8 Å². The molecule has 2 fully saturated rings. The normalized spacial score (nSPS) is 26.9. The van der Waals surface area contributed by atoms with Crippen molar-refractivity contribution in [3.05, 3.63) is 0 Å². The summed E-state index contributed by atoms with van der Waals surface area (Å²) < 4.78 is 0. The molecule has 1 heterocycles. The zero-order chi connectivity index (χ0) is 13.9. The molecule has 0 radical (unpaired) electrons. The molecule has 1 amide bonds. The molecule has 0 aromatic carbocycles. The first kappa shape index (κ1) is 14.8. The Hall–Kier alpha value is -0.610. The van der Waals surface area contributed by atoms with Gasteiger partial charge < -0.3 is 14.9 Å². The van der Waals surface area contributed by atoms with Crippen LogP contribution >= 0.6 is 0 Å². The molecule has 1 aliphatic carbocycles. The van der Waals surface area contributed by atoms with E-state index in [1.807, 2.05) is 4.90 Å². The van der Waals surface area contributed by atoms with Gasteiger partial charge in [0.2, 0.25) is 5.91 Å². The zero-order valence-corrected chi connectivity index (χ0v) is 12.4. The lowest BCUT2D eigenvalue weighted by atomic mass is 9.95. The smallest absolute Gasteiger partial charge is 0.225 e. The molecule has 1 saturated carbocycles. The van der Waals surface area contributed by atoms with Crippen molar-refractivity contribution in [2.75, 3.05) is 27.2 Å². The van der Waals surface area contributed by atoms with Crippen molar-refractivity contribution in [1.82, 2.24) is 9.80 Å². The number of hydrogen-bond donors (Lipinski definition) is 1. The minimum atomic E-state index is -0.711. The quantitative estimate of drug-likeness (QED) is 0.842. The number of piperidine rings is 1. The van der Waals surface area contributed by atoms with E-state index < -0.39 is 5.60 Å². The van der Waals surface area contributed by atoms with E-state index >= 15 is 0 Å². The minimum Gasteiger partial charge on any atom is -0.389 e. The van der Waals surface area contributed by atoms with Crippen LogP contribution < -0.4 is 0 Å². The molecule has 1 unspecified atom stereocenters. The van der Waals surface area contributed by atoms with Crippen molar-refractivity contribution in [2.45, 2.75) is 63.0 Å². The van der Waals surface area contributed by atoms with Gasteiger partial charge in [-0.15, -0.1) is 0 Å². The maximum absolute atomic E-state index is 12.5. The molecule has 110 valence electrons. The van der Waals surface area contributed by atoms with Gasteiger partial charge in [-0.2, -0.15) is 0 Å². The van der Waals surface area contributed by atoms with Gasteiger partial charge in [0.1, 0.15) is 0 Å². The van der Waals surface area contributed by atoms with Crippen LogP contribution in [0.3, 0.4) is 0 Å². The van der Waals surface area contributed by atoms with Gasteiger partial charge in [0.25, 0.3) is 0 Å². The first-order valence-electron chi connectivity index (χ1n) is 7.67. The van der Waals surface area contributed by atoms with Crippen molar-refractivity contribution < 1.29 is 9.90 Å². The van der Waals surface area contributed by atoms with E-state index in [1.165, 1.54) is 6.42 Å². The molecule has 0 aromatic heterocycles. The van der Waals surface area contributed by atoms with E-state index in [1.54, 1.807) is 0 Å². The van der Waals surface area contributed by atoms with Crippen molar-refractivity contribution in [3.63, 3.8) is 0 Å². The highest BCUT2D eigenvalue weighted by Gasteiger charge is 2.36. The number of aliphatic hydroxyl groups is 1. The molecular weight excluding hydrogens is 240 g/mol. The standard InChI is InChI=1S/C15H28N2O2/c1-16(2)12-13-7-3-6-10-17(13)14(18)11-15(19)8-4-5-9-15/h13,19H,3-12H2,1-2H3. The molecule has 0 spiro atoms. The fourth-order valence-electron chi connectivity index (χ4n) is 3.53. The molecule has 1 saturated heterocycles. The SMILES string of the molecule is CN(C)CC1CCCCN1C(=O)CC1(O)CCCC1. The Morgan fingerprint density at radius 2 is 1.95 bits per heavy atom. The number of likely N-dealkylation sites (N-methyl/N-ethyl adjacent to an activating group) is 1. The molecule has 1 N–H and O–H groups in total. The third kappa shape index (κ3) is 3.93. The fourth-order valence-corrected chi connectivity index (χ4v) is 3.53. The molecule has 1 atom stereocenters. The summed E-state index contributed by atoms with van der Waals surface area (Å²) in [6, 6.07) is 0.334. The third-order valence-electron chi connectivity index (χ3n) is 4.54. The number of likely N-dealkylation sites (tertiary alicyclic amines) is 1. The number of nitrogens with zero attached hydrogens (tertiary/aromatic N) is 2. The average Bonchev–Trinajstić information content (AvgIpc) is 2.75. The number of rotatable bonds is 4. The molecule has 4 nitrogen and oxygen atoms in total. The van der Waals surface area contributed by atoms with Crippen LogP contribution in [-0.2, 0) is 4.79 Å². The second-order valence-corrected chi connectivity index (χ2v) is 6.61. The van der Waals surface area contributed by atoms with E-state index in [-0.39, 0.29) is 5.91 Å². The molecular formula is C15H28N2O2. The second kappa shape index (κ2) is 6.23. The van der Waals surface area contributed by atoms with E-state index in [0.717, 1.165) is 51.6 Å². The van der Waals surface area contributed by atoms with Crippen molar-refractivity contribution in [2.24, 2.45) is 0 Å². The minimum absolute atomic E-state index is 0.163. The van der Waals surface area contributed by atoms with E-state index in [4.69, 9.17) is 0 Å². The molecule has 2 rings (SSSR count). The van der Waals surface area contributed by atoms with Crippen LogP contribution in [0.25, 0.3) is 0 Å². The van der Waals surface area contributed by atoms with Gasteiger partial charge in [-0.1, -0.05) is 12.8 Å². The van der Waals surface area contributed by atoms with Crippen molar-refractivity contribution >= 4 is 5.91 Å². The number of amides is 1. The van der Waals surface area contributed by atoms with Gasteiger partial charge in [0, 0.05) is 19.1 Å². The Morgan fingerprint density at radius 1 is 1.26 bits per heavy atom. The van der Waals surface area contributed by atoms with Crippen molar-refractivity contribution in [1.29, 1.82) is 0 Å². The van der Waals surface area contributed by atoms with E-state index in [0.29, 0.717) is 12.5 Å². The largest absolute Gasteiger partial charge is 0.389 e. The van der Waals surface area contributed by atoms with Crippen LogP contribution in [0.15, 0.2) is 0 Å². The van der Waals surface area contributed by atoms with E-state index in [2.05, 4.69) is 19.0 Å². The van der Waals surface area contributed by atoms with Crippen molar-refractivity contribution in [3.8, 4) is 0 Å². The van der Waals surface area contributed by atoms with Gasteiger partial charge in [-0.05, 0) is 46.2 Å². The molecule has 0 bridgehead atoms. The number of carbonyl (C=O) groups is 1. The molecule has 2 aliphatic rings. The van der Waals surface area contributed by atoms with Gasteiger partial charge in [0.15, 0.2) is 0 Å². The predicted octanol–water partition coefficient (Wildman–Crippen LogP) is 1.62. The molecule has 0 aromatic rings. The monoisotopic (exact) mass is 268 g/mol. The lowest BCUT2D eigenvalue weighted by Crippen LogP contribution is -2.50. The first-order valence-corrected chi connectivity index (χ1v) is 7.67. The summed E-state index contributed by atoms with van der Waals surface area (Å²) >= 11 is 0. The van der Waals surface area contributed by atoms with Crippen LogP contribution in [0.5, 0.6) is 0 Å². The average molecular weight is 268 g/mol. The van der Waals surface area contributed by atoms with Crippen LogP contribution in [0, 0.1) is 0 Å². The van der Waals surface area contributed by atoms with Gasteiger partial charge in [-0.25, -0.2) is 0 Å². The molecule has 4 heteroatoms. The Labute approximate surface area is 116 Å². The molecule has 19 heavy (non-hydrogen) atoms. The summed E-state index contributed by atoms with van der Waals surface area (Å²) in [4.78, 5) is 16.7. The Balaban J connectivity index is 1.94. The Morgan fingerprint density at radius 3 is 2.58 bits per heavy atom. The Bertz CT molecular complexity index is 311. The summed E-state index contributed by atoms with van der Waals surface area (Å²) in [6.07, 6.45) is 7.46. The molecule has 1 aliphatic heterocycles. The van der Waals surface area contributed by atoms with E-state index in [9.17, 15) is 9.90 Å². The Kier molecular flexibility index (Phi) is 4.85. The maximum Gasteiger partial charge on any atom is 0.225 e. The second-order valence-electron chi connectivity index (χ2n) is 6.61. The predicted molar refractivity (Wildman–Crippen MR) is 75.9 cm³/mol. The summed E-state index contributed by atoms with van der Waals surface area (Å²) in [5.74, 6) is 0.163.